The van der Waals surface area contributed by atoms with Gasteiger partial charge in [-0.2, -0.15) is 0 Å². The Hall–Kier alpha value is -1.66. The minimum Gasteiger partial charge on any atom is 0 e. The third-order valence-electron chi connectivity index (χ3n) is 2.25. The molecule has 0 spiro atoms. The van der Waals surface area contributed by atoms with Gasteiger partial charge < -0.3 is 0 Å². The Morgan fingerprint density at radius 2 is 1.18 bits per heavy atom. The monoisotopic (exact) mass is 352 g/mol. The number of benzene rings is 2. The van der Waals surface area contributed by atoms with Crippen LogP contribution in [0.25, 0.3) is 0 Å². The molecule has 4 nitrogen and oxygen atoms in total. The fourth-order valence-electron chi connectivity index (χ4n) is 1.44. The number of rotatable bonds is 2. The summed E-state index contributed by atoms with van der Waals surface area (Å²) in [4.78, 5) is 1.75. The van der Waals surface area contributed by atoms with Crippen LogP contribution in [-0.2, 0) is 42.1 Å². The van der Waals surface area contributed by atoms with Crippen molar-refractivity contribution in [3.05, 3.63) is 80.1 Å². The van der Waals surface area contributed by atoms with Crippen LogP contribution in [0.3, 0.4) is 0 Å². The van der Waals surface area contributed by atoms with Gasteiger partial charge in [-0.05, 0) is 30.7 Å². The van der Waals surface area contributed by atoms with Gasteiger partial charge >= 0.3 is 33.9 Å². The van der Waals surface area contributed by atoms with Crippen LogP contribution >= 0.6 is 0 Å². The molecule has 112 valence electrons. The van der Waals surface area contributed by atoms with Gasteiger partial charge in [-0.15, -0.1) is 0 Å². The zero-order chi connectivity index (χ0) is 16.7. The molecule has 0 aliphatic carbocycles. The molecule has 0 aliphatic heterocycles. The fourth-order valence-corrected chi connectivity index (χ4v) is 2.66. The molecule has 2 rings (SSSR count). The zero-order valence-electron chi connectivity index (χ0n) is 11.6. The van der Waals surface area contributed by atoms with E-state index < -0.39 is 10.8 Å². The maximum Gasteiger partial charge on any atom is 0 e. The molecule has 2 aromatic rings. The molecule has 0 saturated heterocycles. The summed E-state index contributed by atoms with van der Waals surface area (Å²) in [5.74, 6) is 0. The van der Waals surface area contributed by atoms with Crippen LogP contribution in [-0.4, -0.2) is 4.21 Å². The van der Waals surface area contributed by atoms with Gasteiger partial charge in [0, 0.05) is 27.2 Å². The molecule has 22 heavy (non-hydrogen) atoms. The molecule has 1 atom stereocenters. The van der Waals surface area contributed by atoms with Gasteiger partial charge in [-0.3, -0.25) is 0 Å². The van der Waals surface area contributed by atoms with Gasteiger partial charge in [-0.25, -0.2) is 4.21 Å². The summed E-state index contributed by atoms with van der Waals surface area (Å²) in [5.41, 5.74) is 1.07. The van der Waals surface area contributed by atoms with Crippen molar-refractivity contribution in [2.24, 2.45) is 0 Å². The molecule has 0 saturated carbocycles. The van der Waals surface area contributed by atoms with Gasteiger partial charge in [0.25, 0.3) is 0 Å². The van der Waals surface area contributed by atoms with E-state index in [0.29, 0.717) is 0 Å². The Morgan fingerprint density at radius 1 is 0.773 bits per heavy atom. The first-order valence-corrected chi connectivity index (χ1v) is 6.58. The Morgan fingerprint density at radius 3 is 1.64 bits per heavy atom. The Labute approximate surface area is 143 Å². The molecule has 1 unspecified atom stereocenters. The number of hydrogen-bond donors (Lipinski definition) is 0. The van der Waals surface area contributed by atoms with Crippen LogP contribution in [0, 0.1) is 26.9 Å². The predicted molar refractivity (Wildman–Crippen MR) is 74.1 cm³/mol. The van der Waals surface area contributed by atoms with Crippen molar-refractivity contribution >= 4 is 10.8 Å². The summed E-state index contributed by atoms with van der Waals surface area (Å²) in [5, 5.41) is 0. The quantitative estimate of drug-likeness (QED) is 0.604. The van der Waals surface area contributed by atoms with Crippen molar-refractivity contribution in [2.45, 2.75) is 16.7 Å². The molecule has 0 N–H and O–H groups in total. The molecule has 0 bridgehead atoms. The van der Waals surface area contributed by atoms with E-state index in [-0.39, 0.29) is 17.4 Å². The minimum atomic E-state index is -1.06. The molecule has 0 heterocycles. The van der Waals surface area contributed by atoms with Gasteiger partial charge in [0.2, 0.25) is 0 Å². The largest absolute Gasteiger partial charge is 0 e. The van der Waals surface area contributed by atoms with E-state index in [0.717, 1.165) is 15.4 Å². The molecular formula is C16H12CrO4S. The molecule has 6 heteroatoms. The molecular weight excluding hydrogens is 340 g/mol. The fraction of sp³-hybridized carbons (Fsp3) is 0.0625. The second kappa shape index (κ2) is 17.4. The maximum absolute atomic E-state index is 12.2. The first-order valence-electron chi connectivity index (χ1n) is 5.43. The van der Waals surface area contributed by atoms with Crippen molar-refractivity contribution in [3.63, 3.8) is 0 Å². The van der Waals surface area contributed by atoms with Crippen molar-refractivity contribution in [1.82, 2.24) is 0 Å². The Balaban J connectivity index is -0.000000463. The van der Waals surface area contributed by atoms with E-state index in [1.165, 1.54) is 0 Å². The third kappa shape index (κ3) is 8.59. The van der Waals surface area contributed by atoms with Crippen LogP contribution in [0.4, 0.5) is 0 Å². The van der Waals surface area contributed by atoms with Crippen LogP contribution in [0.5, 0.6) is 0 Å². The number of hydrogen-bond acceptors (Lipinski definition) is 1. The SMILES string of the molecule is Cc1ccccc1S(=O)c1ccccc1.[C-]#[O+].[C-]#[O+].[C-]#[O+].[Cr]. The summed E-state index contributed by atoms with van der Waals surface area (Å²) in [6.45, 7) is 15.5. The summed E-state index contributed by atoms with van der Waals surface area (Å²) in [6.07, 6.45) is 0. The van der Waals surface area contributed by atoms with E-state index in [1.807, 2.05) is 61.5 Å². The molecule has 0 aliphatic rings. The Kier molecular flexibility index (Phi) is 20.0. The van der Waals surface area contributed by atoms with E-state index in [1.54, 1.807) is 0 Å². The normalized spacial score (nSPS) is 8.68. The second-order valence-corrected chi connectivity index (χ2v) is 4.80. The topological polar surface area (TPSA) is 76.8 Å². The third-order valence-corrected chi connectivity index (χ3v) is 3.81. The Bertz CT molecular complexity index is 592. The van der Waals surface area contributed by atoms with Gasteiger partial charge in [0.05, 0.1) is 10.8 Å². The first-order chi connectivity index (χ1) is 10.3. The summed E-state index contributed by atoms with van der Waals surface area (Å²) >= 11 is 0. The van der Waals surface area contributed by atoms with E-state index in [2.05, 4.69) is 20.0 Å². The van der Waals surface area contributed by atoms with E-state index in [9.17, 15) is 4.21 Å². The molecule has 0 aromatic heterocycles. The van der Waals surface area contributed by atoms with Crippen LogP contribution in [0.1, 0.15) is 5.56 Å². The standard InChI is InChI=1S/C13H12OS.3CO.Cr/c1-11-7-5-6-10-13(11)15(14)12-8-3-2-4-9-12;3*1-2;/h2-10H,1H3;;;;. The van der Waals surface area contributed by atoms with E-state index in [4.69, 9.17) is 14.0 Å². The number of aryl methyl sites for hydroxylation is 1. The van der Waals surface area contributed by atoms with Crippen LogP contribution in [0.15, 0.2) is 64.4 Å². The van der Waals surface area contributed by atoms with Crippen molar-refractivity contribution in [1.29, 1.82) is 0 Å². The summed E-state index contributed by atoms with van der Waals surface area (Å²) in [7, 11) is -1.06. The first kappa shape index (κ1) is 25.3. The predicted octanol–water partition coefficient (Wildman–Crippen LogP) is 3.05. The zero-order valence-corrected chi connectivity index (χ0v) is 13.7. The summed E-state index contributed by atoms with van der Waals surface area (Å²) in [6, 6.07) is 17.3. The van der Waals surface area contributed by atoms with Gasteiger partial charge in [-0.1, -0.05) is 36.4 Å². The minimum absolute atomic E-state index is 0. The van der Waals surface area contributed by atoms with Crippen molar-refractivity contribution in [3.8, 4) is 0 Å². The smallest absolute Gasteiger partial charge is 0 e. The molecule has 0 fully saturated rings. The second-order valence-electron chi connectivity index (χ2n) is 3.35. The molecule has 0 radical (unpaired) electrons. The van der Waals surface area contributed by atoms with Gasteiger partial charge in [0.1, 0.15) is 0 Å². The average molecular weight is 352 g/mol. The van der Waals surface area contributed by atoms with Crippen molar-refractivity contribution in [2.75, 3.05) is 0 Å². The van der Waals surface area contributed by atoms with Crippen LogP contribution in [0.2, 0.25) is 0 Å². The van der Waals surface area contributed by atoms with Gasteiger partial charge in [0.15, 0.2) is 0 Å². The molecule has 0 amide bonds. The van der Waals surface area contributed by atoms with Crippen molar-refractivity contribution < 1.29 is 35.5 Å². The maximum atomic E-state index is 12.2. The van der Waals surface area contributed by atoms with E-state index >= 15 is 0 Å². The summed E-state index contributed by atoms with van der Waals surface area (Å²) < 4.78 is 34.7. The average Bonchev–Trinajstić information content (AvgIpc) is 2.61. The molecule has 2 aromatic carbocycles. The van der Waals surface area contributed by atoms with Crippen LogP contribution < -0.4 is 0 Å².